The van der Waals surface area contributed by atoms with Gasteiger partial charge in [0, 0.05) is 6.42 Å². The van der Waals surface area contributed by atoms with E-state index in [1.165, 1.54) is 0 Å². The number of benzene rings is 1. The summed E-state index contributed by atoms with van der Waals surface area (Å²) in [6, 6.07) is 10.3. The molecule has 22 heavy (non-hydrogen) atoms. The van der Waals surface area contributed by atoms with Crippen LogP contribution < -0.4 is 0 Å². The van der Waals surface area contributed by atoms with Crippen LogP contribution in [0.15, 0.2) is 54.3 Å². The average Bonchev–Trinajstić information content (AvgIpc) is 3.48. The molecular formula is C18H20O4. The van der Waals surface area contributed by atoms with E-state index in [9.17, 15) is 0 Å². The van der Waals surface area contributed by atoms with Crippen molar-refractivity contribution in [3.05, 3.63) is 59.9 Å². The lowest BCUT2D eigenvalue weighted by molar-refractivity contribution is -0.0201. The van der Waals surface area contributed by atoms with Crippen molar-refractivity contribution in [3.8, 4) is 0 Å². The number of rotatable bonds is 7. The van der Waals surface area contributed by atoms with Crippen molar-refractivity contribution in [1.82, 2.24) is 0 Å². The molecule has 0 saturated carbocycles. The number of hydrogen-bond acceptors (Lipinski definition) is 4. The molecule has 0 amide bonds. The highest BCUT2D eigenvalue weighted by Crippen LogP contribution is 2.36. The fourth-order valence-corrected chi connectivity index (χ4v) is 2.60. The number of ether oxygens (including phenoxy) is 4. The molecule has 3 aliphatic rings. The van der Waals surface area contributed by atoms with Gasteiger partial charge in [-0.3, -0.25) is 0 Å². The second-order valence-corrected chi connectivity index (χ2v) is 5.93. The number of hydrogen-bond donors (Lipinski definition) is 0. The minimum atomic E-state index is -0.420. The van der Waals surface area contributed by atoms with Crippen LogP contribution in [0.25, 0.3) is 0 Å². The molecule has 0 spiro atoms. The van der Waals surface area contributed by atoms with Gasteiger partial charge in [-0.1, -0.05) is 30.3 Å². The molecule has 2 fully saturated rings. The van der Waals surface area contributed by atoms with E-state index in [0.29, 0.717) is 13.2 Å². The molecule has 0 bridgehead atoms. The summed E-state index contributed by atoms with van der Waals surface area (Å²) in [4.78, 5) is 0. The maximum Gasteiger partial charge on any atom is 0.117 e. The fourth-order valence-electron chi connectivity index (χ4n) is 2.60. The van der Waals surface area contributed by atoms with Gasteiger partial charge in [0.05, 0.1) is 19.8 Å². The van der Waals surface area contributed by atoms with E-state index in [4.69, 9.17) is 18.9 Å². The third kappa shape index (κ3) is 3.24. The molecular weight excluding hydrogens is 280 g/mol. The summed E-state index contributed by atoms with van der Waals surface area (Å²) < 4.78 is 22.4. The summed E-state index contributed by atoms with van der Waals surface area (Å²) in [5.74, 6) is 0.897. The van der Waals surface area contributed by atoms with Crippen LogP contribution in [0, 0.1) is 0 Å². The van der Waals surface area contributed by atoms with E-state index in [2.05, 4.69) is 24.3 Å². The quantitative estimate of drug-likeness (QED) is 0.726. The van der Waals surface area contributed by atoms with Crippen LogP contribution in [-0.2, 0) is 24.5 Å². The van der Waals surface area contributed by atoms with Gasteiger partial charge in [0.1, 0.15) is 30.2 Å². The van der Waals surface area contributed by atoms with Gasteiger partial charge in [-0.25, -0.2) is 0 Å². The van der Waals surface area contributed by atoms with Crippen LogP contribution in [0.2, 0.25) is 0 Å². The van der Waals surface area contributed by atoms with E-state index in [0.717, 1.165) is 31.0 Å². The van der Waals surface area contributed by atoms with Gasteiger partial charge in [0.2, 0.25) is 0 Å². The van der Waals surface area contributed by atoms with Gasteiger partial charge in [0.25, 0.3) is 0 Å². The zero-order chi connectivity index (χ0) is 14.8. The first-order valence-corrected chi connectivity index (χ1v) is 7.79. The van der Waals surface area contributed by atoms with Gasteiger partial charge < -0.3 is 18.9 Å². The SMILES string of the molecule is C1=CC(OCC2CO2)(c2ccccc2)CC=C1OCC1CO1. The van der Waals surface area contributed by atoms with Crippen LogP contribution in [-0.4, -0.2) is 38.6 Å². The Morgan fingerprint density at radius 2 is 1.77 bits per heavy atom. The molecule has 3 unspecified atom stereocenters. The third-order valence-corrected chi connectivity index (χ3v) is 4.15. The van der Waals surface area contributed by atoms with Crippen LogP contribution >= 0.6 is 0 Å². The Balaban J connectivity index is 1.47. The Hall–Kier alpha value is -1.62. The summed E-state index contributed by atoms with van der Waals surface area (Å²) in [5, 5.41) is 0. The highest BCUT2D eigenvalue weighted by molar-refractivity contribution is 5.34. The first kappa shape index (κ1) is 14.0. The zero-order valence-corrected chi connectivity index (χ0v) is 12.4. The Kier molecular flexibility index (Phi) is 3.74. The number of allylic oxidation sites excluding steroid dienone is 1. The molecule has 4 rings (SSSR count). The van der Waals surface area contributed by atoms with Crippen molar-refractivity contribution < 1.29 is 18.9 Å². The molecule has 2 heterocycles. The Bertz CT molecular complexity index is 572. The maximum absolute atomic E-state index is 6.23. The molecule has 1 aliphatic carbocycles. The Labute approximate surface area is 130 Å². The van der Waals surface area contributed by atoms with Crippen molar-refractivity contribution in [3.63, 3.8) is 0 Å². The monoisotopic (exact) mass is 300 g/mol. The van der Waals surface area contributed by atoms with Gasteiger partial charge in [-0.05, 0) is 23.8 Å². The van der Waals surface area contributed by atoms with Crippen molar-refractivity contribution in [2.24, 2.45) is 0 Å². The first-order chi connectivity index (χ1) is 10.8. The largest absolute Gasteiger partial charge is 0.491 e. The van der Waals surface area contributed by atoms with Crippen LogP contribution in [0.4, 0.5) is 0 Å². The van der Waals surface area contributed by atoms with Crippen molar-refractivity contribution >= 4 is 0 Å². The van der Waals surface area contributed by atoms with Crippen molar-refractivity contribution in [1.29, 1.82) is 0 Å². The second kappa shape index (κ2) is 5.88. The summed E-state index contributed by atoms with van der Waals surface area (Å²) in [7, 11) is 0. The average molecular weight is 300 g/mol. The lowest BCUT2D eigenvalue weighted by atomic mass is 9.86. The van der Waals surface area contributed by atoms with E-state index >= 15 is 0 Å². The van der Waals surface area contributed by atoms with E-state index in [1.54, 1.807) is 0 Å². The molecule has 0 radical (unpaired) electrons. The molecule has 2 aliphatic heterocycles. The lowest BCUT2D eigenvalue weighted by Gasteiger charge is -2.33. The van der Waals surface area contributed by atoms with Gasteiger partial charge in [0.15, 0.2) is 0 Å². The first-order valence-electron chi connectivity index (χ1n) is 7.79. The van der Waals surface area contributed by atoms with Crippen molar-refractivity contribution in [2.75, 3.05) is 26.4 Å². The molecule has 0 aromatic heterocycles. The highest BCUT2D eigenvalue weighted by Gasteiger charge is 2.35. The lowest BCUT2D eigenvalue weighted by Crippen LogP contribution is -2.30. The van der Waals surface area contributed by atoms with Gasteiger partial charge >= 0.3 is 0 Å². The van der Waals surface area contributed by atoms with Gasteiger partial charge in [-0.2, -0.15) is 0 Å². The van der Waals surface area contributed by atoms with Crippen molar-refractivity contribution in [2.45, 2.75) is 24.2 Å². The molecule has 1 aromatic rings. The van der Waals surface area contributed by atoms with Gasteiger partial charge in [-0.15, -0.1) is 0 Å². The summed E-state index contributed by atoms with van der Waals surface area (Å²) in [6.45, 7) is 2.88. The van der Waals surface area contributed by atoms with E-state index < -0.39 is 5.60 Å². The highest BCUT2D eigenvalue weighted by atomic mass is 16.6. The zero-order valence-electron chi connectivity index (χ0n) is 12.4. The molecule has 1 aromatic carbocycles. The van der Waals surface area contributed by atoms with Crippen LogP contribution in [0.5, 0.6) is 0 Å². The summed E-state index contributed by atoms with van der Waals surface area (Å²) >= 11 is 0. The second-order valence-electron chi connectivity index (χ2n) is 5.93. The predicted molar refractivity (Wildman–Crippen MR) is 81.3 cm³/mol. The third-order valence-electron chi connectivity index (χ3n) is 4.15. The molecule has 2 saturated heterocycles. The Morgan fingerprint density at radius 1 is 1.05 bits per heavy atom. The molecule has 0 N–H and O–H groups in total. The number of epoxide rings is 2. The minimum Gasteiger partial charge on any atom is -0.491 e. The predicted octanol–water partition coefficient (Wildman–Crippen LogP) is 2.56. The minimum absolute atomic E-state index is 0.252. The Morgan fingerprint density at radius 3 is 2.41 bits per heavy atom. The maximum atomic E-state index is 6.23. The normalized spacial score (nSPS) is 32.5. The smallest absolute Gasteiger partial charge is 0.117 e. The van der Waals surface area contributed by atoms with Crippen LogP contribution in [0.1, 0.15) is 12.0 Å². The fraction of sp³-hybridized carbons (Fsp3) is 0.444. The topological polar surface area (TPSA) is 43.5 Å². The molecule has 116 valence electrons. The molecule has 3 atom stereocenters. The summed E-state index contributed by atoms with van der Waals surface area (Å²) in [6.07, 6.45) is 7.51. The standard InChI is InChI=1S/C18H20O4/c1-2-4-14(5-3-1)18(22-13-17-12-21-17)8-6-15(7-9-18)19-10-16-11-20-16/h1-8,16-17H,9-13H2. The van der Waals surface area contributed by atoms with E-state index in [1.807, 2.05) is 24.3 Å². The van der Waals surface area contributed by atoms with Crippen LogP contribution in [0.3, 0.4) is 0 Å². The molecule has 4 heteroatoms. The van der Waals surface area contributed by atoms with E-state index in [-0.39, 0.29) is 12.2 Å². The molecule has 4 nitrogen and oxygen atoms in total. The summed E-state index contributed by atoms with van der Waals surface area (Å²) in [5.41, 5.74) is 0.739.